The van der Waals surface area contributed by atoms with Crippen LogP contribution in [0, 0.1) is 5.92 Å². The Labute approximate surface area is 239 Å². The van der Waals surface area contributed by atoms with Gasteiger partial charge in [0.05, 0.1) is 27.0 Å². The molecule has 0 aliphatic rings. The van der Waals surface area contributed by atoms with Crippen molar-refractivity contribution in [1.82, 2.24) is 10.2 Å². The van der Waals surface area contributed by atoms with Gasteiger partial charge in [-0.1, -0.05) is 66.3 Å². The predicted octanol–water partition coefficient (Wildman–Crippen LogP) is 6.04. The lowest BCUT2D eigenvalue weighted by Gasteiger charge is -2.30. The van der Waals surface area contributed by atoms with E-state index in [4.69, 9.17) is 46.4 Å². The first-order valence-corrected chi connectivity index (χ1v) is 15.0. The Morgan fingerprint density at radius 1 is 0.946 bits per heavy atom. The van der Waals surface area contributed by atoms with Crippen LogP contribution in [0.25, 0.3) is 0 Å². The molecule has 0 heterocycles. The summed E-state index contributed by atoms with van der Waals surface area (Å²) in [5.41, 5.74) is 0.938. The molecule has 0 saturated carbocycles. The Morgan fingerprint density at radius 3 is 2.19 bits per heavy atom. The minimum atomic E-state index is -3.70. The van der Waals surface area contributed by atoms with Gasteiger partial charge >= 0.3 is 0 Å². The molecule has 0 spiro atoms. The molecule has 7 nitrogen and oxygen atoms in total. The van der Waals surface area contributed by atoms with Gasteiger partial charge < -0.3 is 10.2 Å². The van der Waals surface area contributed by atoms with Crippen molar-refractivity contribution in [2.24, 2.45) is 5.92 Å². The highest BCUT2D eigenvalue weighted by Crippen LogP contribution is 2.31. The number of carbonyl (C=O) groups excluding carboxylic acids is 2. The van der Waals surface area contributed by atoms with Crippen molar-refractivity contribution >= 4 is 73.9 Å². The number of nitrogens with one attached hydrogen (secondary N) is 1. The molecule has 2 rings (SSSR count). The van der Waals surface area contributed by atoms with Gasteiger partial charge in [-0.15, -0.1) is 0 Å². The normalized spacial score (nSPS) is 12.4. The lowest BCUT2D eigenvalue weighted by Crippen LogP contribution is -2.48. The van der Waals surface area contributed by atoms with Crippen molar-refractivity contribution in [1.29, 1.82) is 0 Å². The highest BCUT2D eigenvalue weighted by molar-refractivity contribution is 7.92. The van der Waals surface area contributed by atoms with Crippen LogP contribution in [0.2, 0.25) is 20.1 Å². The van der Waals surface area contributed by atoms with Gasteiger partial charge in [-0.2, -0.15) is 0 Å². The molecule has 0 radical (unpaired) electrons. The van der Waals surface area contributed by atoms with Crippen molar-refractivity contribution in [2.45, 2.75) is 46.2 Å². The molecule has 0 fully saturated rings. The lowest BCUT2D eigenvalue weighted by atomic mass is 10.1. The molecular weight excluding hydrogens is 580 g/mol. The van der Waals surface area contributed by atoms with E-state index in [2.05, 4.69) is 5.32 Å². The largest absolute Gasteiger partial charge is 0.354 e. The second-order valence-corrected chi connectivity index (χ2v) is 12.7. The third-order valence-corrected chi connectivity index (χ3v) is 7.99. The highest BCUT2D eigenvalue weighted by Gasteiger charge is 2.27. The molecular formula is C25H31Cl4N3O4S. The van der Waals surface area contributed by atoms with E-state index in [9.17, 15) is 18.0 Å². The second kappa shape index (κ2) is 13.9. The molecule has 0 aliphatic carbocycles. The van der Waals surface area contributed by atoms with Crippen LogP contribution >= 0.6 is 46.4 Å². The fraction of sp³-hybridized carbons (Fsp3) is 0.440. The highest BCUT2D eigenvalue weighted by atomic mass is 35.5. The number of hydrogen-bond acceptors (Lipinski definition) is 4. The van der Waals surface area contributed by atoms with E-state index in [0.717, 1.165) is 10.6 Å². The Bertz CT molecular complexity index is 1220. The van der Waals surface area contributed by atoms with Crippen molar-refractivity contribution in [3.05, 3.63) is 62.1 Å². The van der Waals surface area contributed by atoms with Crippen molar-refractivity contribution in [3.8, 4) is 0 Å². The average molecular weight is 611 g/mol. The van der Waals surface area contributed by atoms with Crippen LogP contribution in [0.3, 0.4) is 0 Å². The van der Waals surface area contributed by atoms with Crippen molar-refractivity contribution in [3.63, 3.8) is 0 Å². The van der Waals surface area contributed by atoms with E-state index in [1.807, 2.05) is 13.8 Å². The number of amides is 2. The number of anilines is 1. The number of nitrogens with zero attached hydrogens (tertiary/aromatic N) is 2. The number of benzene rings is 2. The van der Waals surface area contributed by atoms with Gasteiger partial charge in [0.2, 0.25) is 21.8 Å². The van der Waals surface area contributed by atoms with Crippen LogP contribution in [0.4, 0.5) is 5.69 Å². The summed E-state index contributed by atoms with van der Waals surface area (Å²) >= 11 is 24.4. The van der Waals surface area contributed by atoms with Gasteiger partial charge in [0.1, 0.15) is 6.04 Å². The van der Waals surface area contributed by atoms with Gasteiger partial charge in [-0.25, -0.2) is 8.42 Å². The molecule has 0 saturated heterocycles. The summed E-state index contributed by atoms with van der Waals surface area (Å²) < 4.78 is 26.1. The van der Waals surface area contributed by atoms with E-state index in [0.29, 0.717) is 27.2 Å². The summed E-state index contributed by atoms with van der Waals surface area (Å²) in [5, 5.41) is 4.13. The zero-order valence-electron chi connectivity index (χ0n) is 21.1. The van der Waals surface area contributed by atoms with Crippen molar-refractivity contribution < 1.29 is 18.0 Å². The van der Waals surface area contributed by atoms with Gasteiger partial charge in [0, 0.05) is 31.1 Å². The smallest absolute Gasteiger partial charge is 0.242 e. The van der Waals surface area contributed by atoms with Gasteiger partial charge in [-0.3, -0.25) is 13.9 Å². The maximum atomic E-state index is 13.3. The first-order chi connectivity index (χ1) is 17.2. The lowest BCUT2D eigenvalue weighted by molar-refractivity contribution is -0.140. The monoisotopic (exact) mass is 609 g/mol. The average Bonchev–Trinajstić information content (AvgIpc) is 2.81. The van der Waals surface area contributed by atoms with Crippen LogP contribution in [0.1, 0.15) is 39.2 Å². The van der Waals surface area contributed by atoms with E-state index >= 15 is 0 Å². The van der Waals surface area contributed by atoms with E-state index < -0.39 is 16.1 Å². The van der Waals surface area contributed by atoms with Crippen LogP contribution in [-0.4, -0.2) is 50.5 Å². The summed E-state index contributed by atoms with van der Waals surface area (Å²) in [4.78, 5) is 27.6. The standard InChI is InChI=1S/C25H31Cl4N3O4S/c1-16(2)14-30-25(34)17(3)31(15-18-7-9-20(27)22(29)12-18)24(33)6-5-11-32(37(4,35)36)23-13-19(26)8-10-21(23)28/h7-10,12-13,16-17H,5-6,11,14-15H2,1-4H3,(H,30,34)/t17-/m0/s1. The summed E-state index contributed by atoms with van der Waals surface area (Å²) in [6.07, 6.45) is 1.24. The quantitative estimate of drug-likeness (QED) is 0.318. The number of carbonyl (C=O) groups is 2. The zero-order chi connectivity index (χ0) is 27.9. The molecule has 12 heteroatoms. The van der Waals surface area contributed by atoms with Crippen LogP contribution < -0.4 is 9.62 Å². The molecule has 0 unspecified atom stereocenters. The van der Waals surface area contributed by atoms with E-state index in [-0.39, 0.29) is 54.4 Å². The predicted molar refractivity (Wildman–Crippen MR) is 152 cm³/mol. The minimum absolute atomic E-state index is 0.000818. The number of rotatable bonds is 12. The number of hydrogen-bond donors (Lipinski definition) is 1. The maximum absolute atomic E-state index is 13.3. The zero-order valence-corrected chi connectivity index (χ0v) is 24.9. The third-order valence-electron chi connectivity index (χ3n) is 5.52. The molecule has 2 aromatic carbocycles. The summed E-state index contributed by atoms with van der Waals surface area (Å²) in [6.45, 7) is 6.20. The molecule has 37 heavy (non-hydrogen) atoms. The Morgan fingerprint density at radius 2 is 1.59 bits per heavy atom. The maximum Gasteiger partial charge on any atom is 0.242 e. The molecule has 2 aromatic rings. The molecule has 1 N–H and O–H groups in total. The molecule has 0 aliphatic heterocycles. The van der Waals surface area contributed by atoms with Gasteiger partial charge in [0.25, 0.3) is 0 Å². The molecule has 2 amide bonds. The van der Waals surface area contributed by atoms with Gasteiger partial charge in [-0.05, 0) is 55.2 Å². The summed E-state index contributed by atoms with van der Waals surface area (Å²) in [5.74, 6) is -0.356. The van der Waals surface area contributed by atoms with E-state index in [1.54, 1.807) is 31.2 Å². The van der Waals surface area contributed by atoms with Crippen LogP contribution in [0.5, 0.6) is 0 Å². The molecule has 0 aromatic heterocycles. The number of halogens is 4. The Hall–Kier alpha value is -1.71. The topological polar surface area (TPSA) is 86.8 Å². The molecule has 0 bridgehead atoms. The Balaban J connectivity index is 2.22. The van der Waals surface area contributed by atoms with E-state index in [1.165, 1.54) is 17.0 Å². The first kappa shape index (κ1) is 31.5. The summed E-state index contributed by atoms with van der Waals surface area (Å²) in [6, 6.07) is 8.78. The molecule has 1 atom stereocenters. The van der Waals surface area contributed by atoms with Gasteiger partial charge in [0.15, 0.2) is 0 Å². The number of sulfonamides is 1. The molecule has 204 valence electrons. The SMILES string of the molecule is CC(C)CNC(=O)[C@H](C)N(Cc1ccc(Cl)c(Cl)c1)C(=O)CCCN(c1cc(Cl)ccc1Cl)S(C)(=O)=O. The van der Waals surface area contributed by atoms with Crippen LogP contribution in [-0.2, 0) is 26.2 Å². The third kappa shape index (κ3) is 9.52. The first-order valence-electron chi connectivity index (χ1n) is 11.6. The fourth-order valence-electron chi connectivity index (χ4n) is 3.53. The second-order valence-electron chi connectivity index (χ2n) is 9.12. The fourth-order valence-corrected chi connectivity index (χ4v) is 5.25. The van der Waals surface area contributed by atoms with Crippen molar-refractivity contribution in [2.75, 3.05) is 23.7 Å². The van der Waals surface area contributed by atoms with Crippen LogP contribution in [0.15, 0.2) is 36.4 Å². The summed E-state index contributed by atoms with van der Waals surface area (Å²) in [7, 11) is -3.70. The Kier molecular flexibility index (Phi) is 11.8. The minimum Gasteiger partial charge on any atom is -0.354 e.